The van der Waals surface area contributed by atoms with Crippen molar-refractivity contribution in [3.8, 4) is 17.1 Å². The molecule has 2 aliphatic heterocycles. The van der Waals surface area contributed by atoms with Crippen LogP contribution < -0.4 is 20.6 Å². The number of hydrogen-bond acceptors (Lipinski definition) is 2. The number of anilines is 3. The van der Waals surface area contributed by atoms with Gasteiger partial charge in [-0.05, 0) is 140 Å². The highest BCUT2D eigenvalue weighted by atomic mass is 32.1. The zero-order valence-electron chi connectivity index (χ0n) is 47.0. The third kappa shape index (κ3) is 6.65. The van der Waals surface area contributed by atoms with Gasteiger partial charge in [0.15, 0.2) is 0 Å². The van der Waals surface area contributed by atoms with E-state index in [1.807, 2.05) is 11.3 Å². The Morgan fingerprint density at radius 2 is 0.910 bits per heavy atom. The summed E-state index contributed by atoms with van der Waals surface area (Å²) in [5.74, 6) is 0. The maximum Gasteiger partial charge on any atom is 0.264 e. The van der Waals surface area contributed by atoms with E-state index in [1.54, 1.807) is 0 Å². The number of thiophene rings is 1. The van der Waals surface area contributed by atoms with Crippen LogP contribution >= 0.6 is 11.3 Å². The first-order valence-corrected chi connectivity index (χ1v) is 28.9. The molecule has 0 radical (unpaired) electrons. The third-order valence-corrected chi connectivity index (χ3v) is 18.8. The lowest BCUT2D eigenvalue weighted by molar-refractivity contribution is 0.590. The van der Waals surface area contributed by atoms with E-state index in [4.69, 9.17) is 0 Å². The molecule has 0 bridgehead atoms. The predicted octanol–water partition coefficient (Wildman–Crippen LogP) is 18.0. The fraction of sp³-hybridized carbons (Fsp3) is 0.222. The highest BCUT2D eigenvalue weighted by molar-refractivity contribution is 7.33. The number of fused-ring (bicyclic) bond motifs is 16. The Kier molecular flexibility index (Phi) is 9.68. The summed E-state index contributed by atoms with van der Waals surface area (Å²) >= 11 is 1.99. The average molecular weight is 1030 g/mol. The minimum Gasteiger partial charge on any atom is -0.310 e. The summed E-state index contributed by atoms with van der Waals surface area (Å²) in [5, 5.41) is 8.99. The summed E-state index contributed by atoms with van der Waals surface area (Å²) in [4.78, 5) is 2.66. The number of nitrogens with zero attached hydrogens (tertiary/aromatic N) is 4. The van der Waals surface area contributed by atoms with Crippen LogP contribution in [-0.2, 0) is 21.7 Å². The summed E-state index contributed by atoms with van der Waals surface area (Å²) in [6.07, 6.45) is 0. The minimum atomic E-state index is -0.0315. The van der Waals surface area contributed by atoms with Crippen LogP contribution in [0.15, 0.2) is 176 Å². The van der Waals surface area contributed by atoms with Gasteiger partial charge in [-0.3, -0.25) is 0 Å². The molecule has 9 aromatic carbocycles. The van der Waals surface area contributed by atoms with Crippen molar-refractivity contribution >= 4 is 126 Å². The van der Waals surface area contributed by atoms with Gasteiger partial charge in [0.1, 0.15) is 0 Å². The van der Waals surface area contributed by atoms with Crippen LogP contribution in [0.1, 0.15) is 105 Å². The quantitative estimate of drug-likeness (QED) is 0.161. The summed E-state index contributed by atoms with van der Waals surface area (Å²) in [7, 11) is 0. The maximum absolute atomic E-state index is 2.67. The molecule has 15 rings (SSSR count). The van der Waals surface area contributed by atoms with Gasteiger partial charge in [-0.1, -0.05) is 174 Å². The largest absolute Gasteiger partial charge is 0.310 e. The Labute approximate surface area is 462 Å². The van der Waals surface area contributed by atoms with Crippen LogP contribution in [0.25, 0.3) is 92.6 Å². The summed E-state index contributed by atoms with van der Waals surface area (Å²) in [5.41, 5.74) is 22.6. The van der Waals surface area contributed by atoms with E-state index in [0.717, 1.165) is 11.4 Å². The Morgan fingerprint density at radius 3 is 1.56 bits per heavy atom. The zero-order valence-corrected chi connectivity index (χ0v) is 47.8. The second-order valence-electron chi connectivity index (χ2n) is 26.7. The highest BCUT2D eigenvalue weighted by Crippen LogP contribution is 2.50. The van der Waals surface area contributed by atoms with Crippen LogP contribution in [-0.4, -0.2) is 20.4 Å². The molecular formula is C72H65BN4S. The lowest BCUT2D eigenvalue weighted by Crippen LogP contribution is -2.59. The lowest BCUT2D eigenvalue weighted by atomic mass is 9.36. The van der Waals surface area contributed by atoms with Crippen molar-refractivity contribution < 1.29 is 0 Å². The molecule has 0 spiro atoms. The molecule has 0 N–H and O–H groups in total. The van der Waals surface area contributed by atoms with Crippen LogP contribution in [0, 0.1) is 0 Å². The van der Waals surface area contributed by atoms with Gasteiger partial charge in [0, 0.05) is 75.4 Å². The molecule has 78 heavy (non-hydrogen) atoms. The van der Waals surface area contributed by atoms with Crippen molar-refractivity contribution in [2.24, 2.45) is 0 Å². The van der Waals surface area contributed by atoms with Gasteiger partial charge in [-0.25, -0.2) is 0 Å². The van der Waals surface area contributed by atoms with Crippen LogP contribution in [0.3, 0.4) is 0 Å². The van der Waals surface area contributed by atoms with E-state index >= 15 is 0 Å². The number of rotatable bonds is 3. The summed E-state index contributed by atoms with van der Waals surface area (Å²) < 4.78 is 10.5. The first-order valence-electron chi connectivity index (χ1n) is 28.0. The molecule has 0 fully saturated rings. The molecule has 0 atom stereocenters. The van der Waals surface area contributed by atoms with Crippen molar-refractivity contribution in [1.29, 1.82) is 0 Å². The van der Waals surface area contributed by atoms with Gasteiger partial charge < -0.3 is 18.6 Å². The smallest absolute Gasteiger partial charge is 0.264 e. The predicted molar refractivity (Wildman–Crippen MR) is 339 cm³/mol. The number of para-hydroxylation sites is 3. The molecule has 4 nitrogen and oxygen atoms in total. The second kappa shape index (κ2) is 15.9. The van der Waals surface area contributed by atoms with Gasteiger partial charge >= 0.3 is 0 Å². The number of hydrogen-bond donors (Lipinski definition) is 0. The van der Waals surface area contributed by atoms with Gasteiger partial charge in [0.05, 0.1) is 39.0 Å². The standard InChI is InChI=1S/C72H65BN4S/c1-69(2,3)42-25-30-47(31-26-42)76-60-40-48(74-57-33-27-43(70(4,5)6)37-52(57)53-38-44(71(7,8)9)28-34-58(53)74)41-61-64(60)73(68-67(76)54-39-45(72(10,11)12)29-36-62(54)78-68)55-23-18-22-51-63-59(77(61)65(51)55)35-32-50-49-21-16-17-24-56(49)75(66(50)63)46-19-14-13-15-20-46/h13-41H,1-12H3. The Bertz CT molecular complexity index is 4630. The normalized spacial score (nSPS) is 13.8. The minimum absolute atomic E-state index is 0.00486. The lowest BCUT2D eigenvalue weighted by Gasteiger charge is -2.39. The SMILES string of the molecule is CC(C)(C)c1ccc(N2c3cc(-n4c5ccc(C(C)(C)C)cc5c5cc(C(C)(C)C)ccc54)cc4c3B(c3sc5ccc(C(C)(C)C)cc5c32)c2cccc3c5c(ccc6c7ccccc7n(-c7ccccc7)c65)n-4c23)cc1. The number of aromatic nitrogens is 3. The van der Waals surface area contributed by atoms with Gasteiger partial charge in [0.2, 0.25) is 0 Å². The summed E-state index contributed by atoms with van der Waals surface area (Å²) in [6.45, 7) is 28.0. The second-order valence-corrected chi connectivity index (χ2v) is 27.7. The fourth-order valence-corrected chi connectivity index (χ4v) is 14.8. The molecule has 2 aliphatic rings. The van der Waals surface area contributed by atoms with Crippen molar-refractivity contribution in [3.63, 3.8) is 0 Å². The van der Waals surface area contributed by atoms with E-state index in [0.29, 0.717) is 0 Å². The maximum atomic E-state index is 2.67. The van der Waals surface area contributed by atoms with E-state index in [9.17, 15) is 0 Å². The highest BCUT2D eigenvalue weighted by Gasteiger charge is 2.45. The van der Waals surface area contributed by atoms with E-state index in [1.165, 1.54) is 136 Å². The molecule has 0 saturated heterocycles. The molecule has 6 heteroatoms. The van der Waals surface area contributed by atoms with Crippen molar-refractivity contribution in [3.05, 3.63) is 198 Å². The fourth-order valence-electron chi connectivity index (χ4n) is 13.5. The molecule has 382 valence electrons. The van der Waals surface area contributed by atoms with Crippen LogP contribution in [0.2, 0.25) is 0 Å². The molecule has 0 saturated carbocycles. The molecule has 4 aromatic heterocycles. The number of benzene rings is 9. The molecule has 6 heterocycles. The molecule has 0 aliphatic carbocycles. The van der Waals surface area contributed by atoms with E-state index in [2.05, 4.69) is 278 Å². The van der Waals surface area contributed by atoms with Crippen LogP contribution in [0.5, 0.6) is 0 Å². The Morgan fingerprint density at radius 1 is 0.359 bits per heavy atom. The van der Waals surface area contributed by atoms with Crippen molar-refractivity contribution in [2.75, 3.05) is 4.90 Å². The first-order chi connectivity index (χ1) is 37.2. The van der Waals surface area contributed by atoms with Gasteiger partial charge in [-0.2, -0.15) is 0 Å². The van der Waals surface area contributed by atoms with E-state index in [-0.39, 0.29) is 28.4 Å². The molecule has 13 aromatic rings. The van der Waals surface area contributed by atoms with Crippen molar-refractivity contribution in [2.45, 2.75) is 105 Å². The summed E-state index contributed by atoms with van der Waals surface area (Å²) in [6, 6.07) is 68.4. The topological polar surface area (TPSA) is 18.0 Å². The Hall–Kier alpha value is -7.80. The molecular weight excluding hydrogens is 964 g/mol. The van der Waals surface area contributed by atoms with Gasteiger partial charge in [0.25, 0.3) is 6.71 Å². The monoisotopic (exact) mass is 1030 g/mol. The Balaban J connectivity index is 1.14. The molecule has 0 amide bonds. The molecule has 0 unspecified atom stereocenters. The van der Waals surface area contributed by atoms with E-state index < -0.39 is 0 Å². The third-order valence-electron chi connectivity index (χ3n) is 17.6. The van der Waals surface area contributed by atoms with Crippen molar-refractivity contribution in [1.82, 2.24) is 13.7 Å². The van der Waals surface area contributed by atoms with Crippen LogP contribution in [0.4, 0.5) is 17.1 Å². The first kappa shape index (κ1) is 47.4. The average Bonchev–Trinajstić information content (AvgIpc) is 4.28. The zero-order chi connectivity index (χ0) is 53.7. The van der Waals surface area contributed by atoms with Gasteiger partial charge in [-0.15, -0.1) is 11.3 Å².